The number of rotatable bonds is 6. The smallest absolute Gasteiger partial charge is 0.251 e. The van der Waals surface area contributed by atoms with Crippen LogP contribution in [0.15, 0.2) is 67.0 Å². The third-order valence-corrected chi connectivity index (χ3v) is 5.61. The molecule has 0 saturated heterocycles. The minimum absolute atomic E-state index is 0.0586. The number of benzene rings is 2. The minimum atomic E-state index is 0.0586. The quantitative estimate of drug-likeness (QED) is 0.478. The molecule has 2 N–H and O–H groups in total. The molecule has 0 aliphatic carbocycles. The highest BCUT2D eigenvalue weighted by atomic mass is 32.2. The lowest BCUT2D eigenvalue weighted by Gasteiger charge is -2.26. The Morgan fingerprint density at radius 3 is 2.54 bits per heavy atom. The first kappa shape index (κ1) is 18.7. The van der Waals surface area contributed by atoms with Crippen LogP contribution in [0, 0.1) is 0 Å². The van der Waals surface area contributed by atoms with Gasteiger partial charge in [-0.1, -0.05) is 31.2 Å². The Hall–Kier alpha value is -2.70. The summed E-state index contributed by atoms with van der Waals surface area (Å²) in [5.74, 6) is 0.0586. The molecule has 2 heterocycles. The molecule has 0 bridgehead atoms. The van der Waals surface area contributed by atoms with E-state index in [1.807, 2.05) is 52.2 Å². The van der Waals surface area contributed by atoms with Crippen LogP contribution in [0.25, 0.3) is 0 Å². The van der Waals surface area contributed by atoms with Crippen LogP contribution in [0.4, 0.5) is 17.1 Å². The zero-order chi connectivity index (χ0) is 19.3. The highest BCUT2D eigenvalue weighted by Crippen LogP contribution is 2.38. The number of carbonyl (C=O) groups excluding carboxylic acids is 1. The van der Waals surface area contributed by atoms with E-state index in [4.69, 9.17) is 0 Å². The Morgan fingerprint density at radius 2 is 1.75 bits per heavy atom. The molecule has 0 saturated carbocycles. The summed E-state index contributed by atoms with van der Waals surface area (Å²) in [4.78, 5) is 15.3. The third-order valence-electron chi connectivity index (χ3n) is 4.84. The average Bonchev–Trinajstić information content (AvgIpc) is 3.15. The molecule has 28 heavy (non-hydrogen) atoms. The fourth-order valence-corrected chi connectivity index (χ4v) is 3.99. The zero-order valence-corrected chi connectivity index (χ0v) is 16.7. The van der Waals surface area contributed by atoms with Gasteiger partial charge in [0, 0.05) is 36.8 Å². The predicted octanol–water partition coefficient (Wildman–Crippen LogP) is 4.54. The van der Waals surface area contributed by atoms with Crippen LogP contribution >= 0.6 is 12.1 Å². The van der Waals surface area contributed by atoms with Crippen LogP contribution in [0.3, 0.4) is 0 Å². The topological polar surface area (TPSA) is 49.3 Å². The SMILES string of the molecule is CCNSNc1ccc2c(c1)N(C(=O)Cn1cccc1)c1ccccc1CC2. The highest BCUT2D eigenvalue weighted by Gasteiger charge is 2.26. The number of aryl methyl sites for hydroxylation is 2. The van der Waals surface area contributed by atoms with Crippen molar-refractivity contribution >= 4 is 35.1 Å². The van der Waals surface area contributed by atoms with Gasteiger partial charge in [-0.15, -0.1) is 0 Å². The first-order chi connectivity index (χ1) is 13.8. The fourth-order valence-electron chi connectivity index (χ4n) is 3.52. The summed E-state index contributed by atoms with van der Waals surface area (Å²) in [5.41, 5.74) is 5.31. The van der Waals surface area contributed by atoms with Gasteiger partial charge in [0.1, 0.15) is 6.54 Å². The molecule has 0 fully saturated rings. The molecule has 144 valence electrons. The molecule has 6 heteroatoms. The van der Waals surface area contributed by atoms with Crippen molar-refractivity contribution in [3.05, 3.63) is 78.1 Å². The molecule has 1 aliphatic rings. The van der Waals surface area contributed by atoms with Crippen LogP contribution in [0.1, 0.15) is 18.1 Å². The number of carbonyl (C=O) groups is 1. The summed E-state index contributed by atoms with van der Waals surface area (Å²) < 4.78 is 8.41. The van der Waals surface area contributed by atoms with Gasteiger partial charge in [0.05, 0.1) is 11.4 Å². The van der Waals surface area contributed by atoms with Gasteiger partial charge in [0.25, 0.3) is 5.91 Å². The lowest BCUT2D eigenvalue weighted by Crippen LogP contribution is -2.30. The number of para-hydroxylation sites is 1. The minimum Gasteiger partial charge on any atom is -0.345 e. The molecular weight excluding hydrogens is 368 g/mol. The molecule has 2 aromatic carbocycles. The van der Waals surface area contributed by atoms with Crippen molar-refractivity contribution in [1.29, 1.82) is 0 Å². The van der Waals surface area contributed by atoms with E-state index >= 15 is 0 Å². The van der Waals surface area contributed by atoms with E-state index < -0.39 is 0 Å². The van der Waals surface area contributed by atoms with Gasteiger partial charge in [-0.05, 0) is 54.3 Å². The van der Waals surface area contributed by atoms with E-state index in [9.17, 15) is 4.79 Å². The standard InChI is InChI=1S/C22H24N4OS/c1-2-23-28-24-19-12-11-18-10-9-17-7-3-4-8-20(17)26(21(18)15-19)22(27)16-25-13-5-6-14-25/h3-8,11-15,23-24H,2,9-10,16H2,1H3. The summed E-state index contributed by atoms with van der Waals surface area (Å²) in [5, 5.41) is 0. The van der Waals surface area contributed by atoms with Crippen molar-refractivity contribution in [3.63, 3.8) is 0 Å². The molecule has 1 aromatic heterocycles. The van der Waals surface area contributed by atoms with Gasteiger partial charge >= 0.3 is 0 Å². The molecule has 3 aromatic rings. The Bertz CT molecular complexity index is 955. The summed E-state index contributed by atoms with van der Waals surface area (Å²) in [6.07, 6.45) is 5.69. The Balaban J connectivity index is 1.73. The molecule has 1 aliphatic heterocycles. The number of fused-ring (bicyclic) bond motifs is 2. The maximum Gasteiger partial charge on any atom is 0.251 e. The number of amides is 1. The van der Waals surface area contributed by atoms with Gasteiger partial charge in [-0.3, -0.25) is 9.69 Å². The van der Waals surface area contributed by atoms with Crippen molar-refractivity contribution in [3.8, 4) is 0 Å². The van der Waals surface area contributed by atoms with Gasteiger partial charge in [0.15, 0.2) is 0 Å². The van der Waals surface area contributed by atoms with Gasteiger partial charge in [-0.2, -0.15) is 0 Å². The van der Waals surface area contributed by atoms with Crippen LogP contribution in [0.5, 0.6) is 0 Å². The first-order valence-corrected chi connectivity index (χ1v) is 10.4. The Morgan fingerprint density at radius 1 is 1.00 bits per heavy atom. The highest BCUT2D eigenvalue weighted by molar-refractivity contribution is 7.98. The van der Waals surface area contributed by atoms with E-state index in [1.54, 1.807) is 0 Å². The second kappa shape index (κ2) is 8.54. The Kier molecular flexibility index (Phi) is 5.69. The summed E-state index contributed by atoms with van der Waals surface area (Å²) in [6.45, 7) is 3.24. The van der Waals surface area contributed by atoms with Gasteiger partial charge in [0.2, 0.25) is 0 Å². The van der Waals surface area contributed by atoms with E-state index in [0.29, 0.717) is 6.54 Å². The number of nitrogens with zero attached hydrogens (tertiary/aromatic N) is 2. The van der Waals surface area contributed by atoms with Crippen molar-refractivity contribution in [1.82, 2.24) is 9.29 Å². The summed E-state index contributed by atoms with van der Waals surface area (Å²) in [7, 11) is 0. The van der Waals surface area contributed by atoms with Gasteiger partial charge < -0.3 is 9.29 Å². The second-order valence-corrected chi connectivity index (χ2v) is 7.46. The molecule has 4 rings (SSSR count). The predicted molar refractivity (Wildman–Crippen MR) is 117 cm³/mol. The van der Waals surface area contributed by atoms with Crippen LogP contribution in [-0.4, -0.2) is 17.0 Å². The molecular formula is C22H24N4OS. The largest absolute Gasteiger partial charge is 0.345 e. The lowest BCUT2D eigenvalue weighted by molar-refractivity contribution is -0.118. The van der Waals surface area contributed by atoms with Crippen molar-refractivity contribution in [2.45, 2.75) is 26.3 Å². The zero-order valence-electron chi connectivity index (χ0n) is 15.9. The number of hydrogen-bond donors (Lipinski definition) is 2. The first-order valence-electron chi connectivity index (χ1n) is 9.55. The van der Waals surface area contributed by atoms with E-state index in [1.165, 1.54) is 23.3 Å². The van der Waals surface area contributed by atoms with E-state index in [-0.39, 0.29) is 5.91 Å². The number of hydrogen-bond acceptors (Lipinski definition) is 4. The summed E-state index contributed by atoms with van der Waals surface area (Å²) >= 11 is 1.45. The maximum atomic E-state index is 13.4. The van der Waals surface area contributed by atoms with Crippen molar-refractivity contribution in [2.24, 2.45) is 0 Å². The molecule has 0 radical (unpaired) electrons. The van der Waals surface area contributed by atoms with E-state index in [2.05, 4.69) is 40.6 Å². The normalized spacial score (nSPS) is 12.8. The van der Waals surface area contributed by atoms with E-state index in [0.717, 1.165) is 36.4 Å². The maximum absolute atomic E-state index is 13.4. The van der Waals surface area contributed by atoms with Crippen LogP contribution in [-0.2, 0) is 24.2 Å². The second-order valence-electron chi connectivity index (χ2n) is 6.76. The molecule has 5 nitrogen and oxygen atoms in total. The number of nitrogens with one attached hydrogen (secondary N) is 2. The van der Waals surface area contributed by atoms with Gasteiger partial charge in [-0.25, -0.2) is 4.72 Å². The van der Waals surface area contributed by atoms with Crippen molar-refractivity contribution in [2.75, 3.05) is 16.2 Å². The number of aromatic nitrogens is 1. The van der Waals surface area contributed by atoms with Crippen molar-refractivity contribution < 1.29 is 4.79 Å². The molecule has 0 atom stereocenters. The third kappa shape index (κ3) is 3.93. The Labute approximate surface area is 170 Å². The molecule has 1 amide bonds. The molecule has 0 spiro atoms. The monoisotopic (exact) mass is 392 g/mol. The van der Waals surface area contributed by atoms with Crippen LogP contribution < -0.4 is 14.3 Å². The molecule has 0 unspecified atom stereocenters. The fraction of sp³-hybridized carbons (Fsp3) is 0.227. The average molecular weight is 393 g/mol. The lowest BCUT2D eigenvalue weighted by atomic mass is 10.0. The summed E-state index contributed by atoms with van der Waals surface area (Å²) in [6, 6.07) is 18.4. The van der Waals surface area contributed by atoms with Crippen LogP contribution in [0.2, 0.25) is 0 Å². The number of anilines is 3.